The normalized spacial score (nSPS) is 11.6. The molecule has 10 rings (SSSR count). The predicted molar refractivity (Wildman–Crippen MR) is 208 cm³/mol. The number of hydrogen-bond acceptors (Lipinski definition) is 3. The van der Waals surface area contributed by atoms with E-state index in [-0.39, 0.29) is 0 Å². The Morgan fingerprint density at radius 3 is 1.50 bits per heavy atom. The second kappa shape index (κ2) is 11.1. The van der Waals surface area contributed by atoms with Crippen molar-refractivity contribution in [3.8, 4) is 28.3 Å². The Morgan fingerprint density at radius 2 is 0.900 bits per heavy atom. The SMILES string of the molecule is N#Cc1ccc(N(c2ccccc2)c2ccc3c(c2)oc2cc(-c4cc5ccc6cc(-c7ccccc7)cc7ccc(c4)c5c67)ccc23)cc1. The van der Waals surface area contributed by atoms with Crippen molar-refractivity contribution in [2.75, 3.05) is 4.90 Å². The van der Waals surface area contributed by atoms with Crippen LogP contribution in [0.1, 0.15) is 5.56 Å². The molecule has 9 aromatic carbocycles. The van der Waals surface area contributed by atoms with Gasteiger partial charge in [-0.1, -0.05) is 78.9 Å². The molecule has 0 amide bonds. The van der Waals surface area contributed by atoms with Gasteiger partial charge >= 0.3 is 0 Å². The Morgan fingerprint density at radius 1 is 0.400 bits per heavy atom. The Bertz CT molecular complexity index is 2850. The number of hydrogen-bond donors (Lipinski definition) is 0. The van der Waals surface area contributed by atoms with Crippen LogP contribution in [0.5, 0.6) is 0 Å². The highest BCUT2D eigenvalue weighted by molar-refractivity contribution is 6.24. The van der Waals surface area contributed by atoms with Crippen molar-refractivity contribution in [2.45, 2.75) is 0 Å². The Balaban J connectivity index is 1.06. The van der Waals surface area contributed by atoms with Crippen molar-refractivity contribution in [3.05, 3.63) is 175 Å². The molecule has 0 spiro atoms. The third-order valence-corrected chi connectivity index (χ3v) is 9.96. The summed E-state index contributed by atoms with van der Waals surface area (Å²) in [6, 6.07) is 62.0. The van der Waals surface area contributed by atoms with Crippen molar-refractivity contribution >= 4 is 71.3 Å². The molecule has 0 aliphatic heterocycles. The molecular formula is C47H28N2O. The van der Waals surface area contributed by atoms with Gasteiger partial charge in [0.1, 0.15) is 11.2 Å². The Hall–Kier alpha value is -6.89. The van der Waals surface area contributed by atoms with Crippen LogP contribution in [-0.2, 0) is 0 Å². The van der Waals surface area contributed by atoms with Crippen LogP contribution in [-0.4, -0.2) is 0 Å². The number of benzene rings is 9. The van der Waals surface area contributed by atoms with Gasteiger partial charge < -0.3 is 9.32 Å². The minimum Gasteiger partial charge on any atom is -0.456 e. The number of rotatable bonds is 5. The lowest BCUT2D eigenvalue weighted by Gasteiger charge is -2.25. The second-order valence-corrected chi connectivity index (χ2v) is 12.9. The smallest absolute Gasteiger partial charge is 0.137 e. The molecule has 10 aromatic rings. The van der Waals surface area contributed by atoms with E-state index in [4.69, 9.17) is 4.42 Å². The molecule has 0 radical (unpaired) electrons. The van der Waals surface area contributed by atoms with E-state index in [9.17, 15) is 5.26 Å². The van der Waals surface area contributed by atoms with Crippen LogP contribution in [0.4, 0.5) is 17.1 Å². The summed E-state index contributed by atoms with van der Waals surface area (Å²) in [6.07, 6.45) is 0. The first kappa shape index (κ1) is 28.2. The van der Waals surface area contributed by atoms with E-state index in [1.807, 2.05) is 42.5 Å². The van der Waals surface area contributed by atoms with Gasteiger partial charge in [-0.2, -0.15) is 5.26 Å². The zero-order chi connectivity index (χ0) is 33.2. The molecule has 0 atom stereocenters. The molecule has 0 N–H and O–H groups in total. The van der Waals surface area contributed by atoms with Gasteiger partial charge in [0.2, 0.25) is 0 Å². The number of para-hydroxylation sites is 1. The Kier molecular flexibility index (Phi) is 6.24. The molecular weight excluding hydrogens is 609 g/mol. The maximum Gasteiger partial charge on any atom is 0.137 e. The van der Waals surface area contributed by atoms with Crippen LogP contribution in [0.3, 0.4) is 0 Å². The largest absolute Gasteiger partial charge is 0.456 e. The first-order valence-electron chi connectivity index (χ1n) is 16.8. The highest BCUT2D eigenvalue weighted by atomic mass is 16.3. The molecule has 0 saturated heterocycles. The summed E-state index contributed by atoms with van der Waals surface area (Å²) in [4.78, 5) is 2.19. The summed E-state index contributed by atoms with van der Waals surface area (Å²) in [5.41, 5.74) is 10.1. The highest BCUT2D eigenvalue weighted by Crippen LogP contribution is 2.42. The van der Waals surface area contributed by atoms with E-state index in [0.29, 0.717) is 5.56 Å². The number of fused-ring (bicyclic) bond motifs is 3. The fourth-order valence-corrected chi connectivity index (χ4v) is 7.60. The molecule has 0 bridgehead atoms. The van der Waals surface area contributed by atoms with Crippen LogP contribution in [0.25, 0.3) is 76.5 Å². The van der Waals surface area contributed by atoms with Gasteiger partial charge in [-0.15, -0.1) is 0 Å². The average molecular weight is 637 g/mol. The summed E-state index contributed by atoms with van der Waals surface area (Å²) in [5, 5.41) is 19.2. The standard InChI is InChI=1S/C47H28N2O/c48-29-30-11-18-40(19-12-30)49(39-9-5-2-6-10-39)41-20-22-43-42-21-17-32(27-44(42)50-45(43)28-41)38-25-35-15-13-33-23-37(31-7-3-1-4-8-31)24-34-14-16-36(26-38)47(35)46(33)34/h1-28H. The monoisotopic (exact) mass is 636 g/mol. The van der Waals surface area contributed by atoms with Crippen LogP contribution in [0, 0.1) is 11.3 Å². The van der Waals surface area contributed by atoms with Gasteiger partial charge in [0.05, 0.1) is 11.6 Å². The average Bonchev–Trinajstić information content (AvgIpc) is 3.55. The van der Waals surface area contributed by atoms with Gasteiger partial charge in [0.15, 0.2) is 0 Å². The van der Waals surface area contributed by atoms with Gasteiger partial charge in [0.25, 0.3) is 0 Å². The molecule has 0 saturated carbocycles. The third kappa shape index (κ3) is 4.51. The van der Waals surface area contributed by atoms with E-state index in [0.717, 1.165) is 44.6 Å². The van der Waals surface area contributed by atoms with Crippen molar-refractivity contribution in [1.82, 2.24) is 0 Å². The molecule has 1 heterocycles. The molecule has 3 nitrogen and oxygen atoms in total. The van der Waals surface area contributed by atoms with Gasteiger partial charge in [-0.3, -0.25) is 0 Å². The first-order chi connectivity index (χ1) is 24.7. The van der Waals surface area contributed by atoms with E-state index >= 15 is 0 Å². The molecule has 0 aliphatic rings. The molecule has 3 heteroatoms. The summed E-state index contributed by atoms with van der Waals surface area (Å²) in [5.74, 6) is 0. The fraction of sp³-hybridized carbons (Fsp3) is 0. The molecule has 0 unspecified atom stereocenters. The highest BCUT2D eigenvalue weighted by Gasteiger charge is 2.17. The zero-order valence-electron chi connectivity index (χ0n) is 27.0. The van der Waals surface area contributed by atoms with Gasteiger partial charge in [0, 0.05) is 33.9 Å². The van der Waals surface area contributed by atoms with Crippen LogP contribution >= 0.6 is 0 Å². The van der Waals surface area contributed by atoms with Gasteiger partial charge in [-0.25, -0.2) is 0 Å². The summed E-state index contributed by atoms with van der Waals surface area (Å²) >= 11 is 0. The van der Waals surface area contributed by atoms with E-state index in [1.54, 1.807) is 0 Å². The maximum atomic E-state index is 9.36. The first-order valence-corrected chi connectivity index (χ1v) is 16.8. The van der Waals surface area contributed by atoms with Gasteiger partial charge in [-0.05, 0) is 140 Å². The van der Waals surface area contributed by atoms with Crippen molar-refractivity contribution in [2.24, 2.45) is 0 Å². The van der Waals surface area contributed by atoms with Crippen molar-refractivity contribution in [1.29, 1.82) is 5.26 Å². The second-order valence-electron chi connectivity index (χ2n) is 12.9. The molecule has 232 valence electrons. The minimum atomic E-state index is 0.632. The topological polar surface area (TPSA) is 40.2 Å². The molecule has 50 heavy (non-hydrogen) atoms. The number of nitrogens with zero attached hydrogens (tertiary/aromatic N) is 2. The zero-order valence-corrected chi connectivity index (χ0v) is 27.0. The number of nitriles is 1. The summed E-state index contributed by atoms with van der Waals surface area (Å²) in [7, 11) is 0. The summed E-state index contributed by atoms with van der Waals surface area (Å²) < 4.78 is 6.59. The van der Waals surface area contributed by atoms with E-state index in [1.165, 1.54) is 49.0 Å². The third-order valence-electron chi connectivity index (χ3n) is 9.96. The summed E-state index contributed by atoms with van der Waals surface area (Å²) in [6.45, 7) is 0. The lowest BCUT2D eigenvalue weighted by molar-refractivity contribution is 0.669. The molecule has 0 aliphatic carbocycles. The molecule has 0 fully saturated rings. The van der Waals surface area contributed by atoms with E-state index in [2.05, 4.69) is 138 Å². The number of furan rings is 1. The van der Waals surface area contributed by atoms with Crippen LogP contribution in [0.15, 0.2) is 174 Å². The lowest BCUT2D eigenvalue weighted by Crippen LogP contribution is -2.09. The Labute approximate surface area is 288 Å². The van der Waals surface area contributed by atoms with Crippen molar-refractivity contribution in [3.63, 3.8) is 0 Å². The quantitative estimate of drug-likeness (QED) is 0.177. The van der Waals surface area contributed by atoms with Crippen LogP contribution < -0.4 is 4.90 Å². The van der Waals surface area contributed by atoms with Crippen LogP contribution in [0.2, 0.25) is 0 Å². The fourth-order valence-electron chi connectivity index (χ4n) is 7.60. The predicted octanol–water partition coefficient (Wildman–Crippen LogP) is 13.2. The van der Waals surface area contributed by atoms with E-state index < -0.39 is 0 Å². The minimum absolute atomic E-state index is 0.632. The lowest BCUT2D eigenvalue weighted by atomic mass is 9.89. The van der Waals surface area contributed by atoms with Crippen molar-refractivity contribution < 1.29 is 4.42 Å². The number of anilines is 3. The maximum absolute atomic E-state index is 9.36. The molecule has 1 aromatic heterocycles.